The lowest BCUT2D eigenvalue weighted by atomic mass is 9.91. The molecule has 1 aromatic carbocycles. The fourth-order valence-electron chi connectivity index (χ4n) is 3.28. The Bertz CT molecular complexity index is 786. The molecule has 1 fully saturated rings. The lowest BCUT2D eigenvalue weighted by Gasteiger charge is -2.34. The van der Waals surface area contributed by atoms with Gasteiger partial charge >= 0.3 is 12.0 Å². The maximum Gasteiger partial charge on any atom is 0.321 e. The Balaban J connectivity index is 1.80. The number of amides is 2. The van der Waals surface area contributed by atoms with Crippen molar-refractivity contribution in [3.05, 3.63) is 42.2 Å². The molecule has 2 N–H and O–H groups in total. The van der Waals surface area contributed by atoms with Crippen LogP contribution < -0.4 is 5.32 Å². The van der Waals surface area contributed by atoms with Crippen LogP contribution in [0.4, 0.5) is 10.5 Å². The Morgan fingerprint density at radius 1 is 1.24 bits per heavy atom. The molecule has 1 aromatic heterocycles. The number of anilines is 1. The van der Waals surface area contributed by atoms with Crippen molar-refractivity contribution in [3.63, 3.8) is 0 Å². The predicted octanol–water partition coefficient (Wildman–Crippen LogP) is 2.76. The molecule has 1 aliphatic heterocycles. The molecule has 7 heteroatoms. The number of piperidine rings is 1. The van der Waals surface area contributed by atoms with Crippen LogP contribution >= 0.6 is 0 Å². The number of urea groups is 1. The minimum Gasteiger partial charge on any atom is -0.481 e. The molecule has 2 heterocycles. The van der Waals surface area contributed by atoms with Gasteiger partial charge in [0.25, 0.3) is 0 Å². The molecular formula is C18H22N4O3. The number of carbonyl (C=O) groups excluding carboxylic acids is 1. The van der Waals surface area contributed by atoms with Crippen molar-refractivity contribution in [1.29, 1.82) is 0 Å². The Labute approximate surface area is 146 Å². The minimum absolute atomic E-state index is 0.157. The van der Waals surface area contributed by atoms with Crippen molar-refractivity contribution in [1.82, 2.24) is 14.7 Å². The van der Waals surface area contributed by atoms with E-state index in [0.29, 0.717) is 18.7 Å². The van der Waals surface area contributed by atoms with Gasteiger partial charge in [0.1, 0.15) is 0 Å². The third kappa shape index (κ3) is 3.65. The van der Waals surface area contributed by atoms with E-state index < -0.39 is 11.9 Å². The van der Waals surface area contributed by atoms with E-state index >= 15 is 0 Å². The number of aryl methyl sites for hydroxylation is 1. The third-order valence-electron chi connectivity index (χ3n) is 4.50. The average molecular weight is 342 g/mol. The number of hydrogen-bond acceptors (Lipinski definition) is 3. The lowest BCUT2D eigenvalue weighted by Crippen LogP contribution is -2.47. The molecule has 0 aliphatic carbocycles. The fraction of sp³-hybridized carbons (Fsp3) is 0.389. The smallest absolute Gasteiger partial charge is 0.321 e. The summed E-state index contributed by atoms with van der Waals surface area (Å²) >= 11 is 0. The summed E-state index contributed by atoms with van der Waals surface area (Å²) in [4.78, 5) is 25.6. The Kier molecular flexibility index (Phi) is 4.74. The monoisotopic (exact) mass is 342 g/mol. The van der Waals surface area contributed by atoms with E-state index in [9.17, 15) is 14.7 Å². The number of nitrogens with zero attached hydrogens (tertiary/aromatic N) is 3. The van der Waals surface area contributed by atoms with E-state index in [-0.39, 0.29) is 18.5 Å². The molecule has 1 aliphatic rings. The van der Waals surface area contributed by atoms with Crippen molar-refractivity contribution in [3.8, 4) is 5.69 Å². The molecule has 0 radical (unpaired) electrons. The molecule has 25 heavy (non-hydrogen) atoms. The normalized spacial score (nSPS) is 20.3. The first-order valence-corrected chi connectivity index (χ1v) is 8.34. The number of carboxylic acids is 1. The van der Waals surface area contributed by atoms with Gasteiger partial charge in [0.2, 0.25) is 0 Å². The lowest BCUT2D eigenvalue weighted by molar-refractivity contribution is -0.143. The van der Waals surface area contributed by atoms with Crippen LogP contribution in [-0.2, 0) is 4.79 Å². The maximum atomic E-state index is 12.7. The van der Waals surface area contributed by atoms with Crippen molar-refractivity contribution in [2.24, 2.45) is 11.8 Å². The fourth-order valence-corrected chi connectivity index (χ4v) is 3.28. The Morgan fingerprint density at radius 3 is 2.68 bits per heavy atom. The van der Waals surface area contributed by atoms with Gasteiger partial charge in [-0.05, 0) is 37.5 Å². The van der Waals surface area contributed by atoms with Crippen molar-refractivity contribution >= 4 is 17.7 Å². The van der Waals surface area contributed by atoms with Crippen LogP contribution in [0.25, 0.3) is 5.69 Å². The first-order chi connectivity index (χ1) is 12.0. The van der Waals surface area contributed by atoms with E-state index in [2.05, 4.69) is 10.4 Å². The third-order valence-corrected chi connectivity index (χ3v) is 4.50. The zero-order valence-electron chi connectivity index (χ0n) is 14.3. The summed E-state index contributed by atoms with van der Waals surface area (Å²) < 4.78 is 1.76. The largest absolute Gasteiger partial charge is 0.481 e. The topological polar surface area (TPSA) is 87.5 Å². The van der Waals surface area contributed by atoms with Crippen LogP contribution in [0.15, 0.2) is 36.5 Å². The van der Waals surface area contributed by atoms with E-state index in [4.69, 9.17) is 0 Å². The van der Waals surface area contributed by atoms with Gasteiger partial charge in [-0.1, -0.05) is 19.1 Å². The van der Waals surface area contributed by atoms with Gasteiger partial charge in [-0.2, -0.15) is 5.10 Å². The van der Waals surface area contributed by atoms with E-state index in [1.807, 2.05) is 44.2 Å². The van der Waals surface area contributed by atoms with Crippen LogP contribution in [0.2, 0.25) is 0 Å². The van der Waals surface area contributed by atoms with E-state index in [0.717, 1.165) is 11.4 Å². The number of rotatable bonds is 3. The van der Waals surface area contributed by atoms with Crippen LogP contribution in [0.1, 0.15) is 19.0 Å². The second kappa shape index (κ2) is 6.96. The van der Waals surface area contributed by atoms with Crippen LogP contribution in [0.3, 0.4) is 0 Å². The number of carbonyl (C=O) groups is 2. The molecule has 3 rings (SSSR count). The summed E-state index contributed by atoms with van der Waals surface area (Å²) in [6, 6.07) is 9.04. The van der Waals surface area contributed by atoms with Crippen LogP contribution in [0.5, 0.6) is 0 Å². The number of aromatic nitrogens is 2. The molecule has 132 valence electrons. The first-order valence-electron chi connectivity index (χ1n) is 8.34. The molecule has 1 saturated heterocycles. The molecule has 2 amide bonds. The van der Waals surface area contributed by atoms with Gasteiger partial charge in [-0.25, -0.2) is 9.48 Å². The van der Waals surface area contributed by atoms with Gasteiger partial charge in [-0.15, -0.1) is 0 Å². The highest BCUT2D eigenvalue weighted by Gasteiger charge is 2.32. The summed E-state index contributed by atoms with van der Waals surface area (Å²) in [5.74, 6) is -1.21. The number of carboxylic acid groups (broad SMARTS) is 1. The molecule has 0 saturated carbocycles. The van der Waals surface area contributed by atoms with Gasteiger partial charge < -0.3 is 15.3 Å². The maximum absolute atomic E-state index is 12.7. The summed E-state index contributed by atoms with van der Waals surface area (Å²) in [6.45, 7) is 4.69. The quantitative estimate of drug-likeness (QED) is 0.898. The SMILES string of the molecule is Cc1ccnn1-c1ccccc1NC(=O)N1CC(C)CC(C(=O)O)C1. The molecule has 7 nitrogen and oxygen atoms in total. The van der Waals surface area contributed by atoms with Crippen molar-refractivity contribution in [2.45, 2.75) is 20.3 Å². The van der Waals surface area contributed by atoms with Crippen LogP contribution in [-0.4, -0.2) is 44.9 Å². The molecule has 0 bridgehead atoms. The average Bonchev–Trinajstić information content (AvgIpc) is 3.00. The summed E-state index contributed by atoms with van der Waals surface area (Å²) in [5, 5.41) is 16.5. The molecule has 0 spiro atoms. The number of para-hydroxylation sites is 2. The Morgan fingerprint density at radius 2 is 2.00 bits per heavy atom. The summed E-state index contributed by atoms with van der Waals surface area (Å²) in [6.07, 6.45) is 2.31. The van der Waals surface area contributed by atoms with Gasteiger partial charge in [0.05, 0.1) is 17.3 Å². The standard InChI is InChI=1S/C18H22N4O3/c1-12-9-14(17(23)24)11-21(10-12)18(25)20-15-5-3-4-6-16(15)22-13(2)7-8-19-22/h3-8,12,14H,9-11H2,1-2H3,(H,20,25)(H,23,24). The van der Waals surface area contributed by atoms with Gasteiger partial charge in [-0.3, -0.25) is 4.79 Å². The van der Waals surface area contributed by atoms with E-state index in [1.165, 1.54) is 0 Å². The molecule has 2 aromatic rings. The zero-order valence-corrected chi connectivity index (χ0v) is 14.3. The highest BCUT2D eigenvalue weighted by atomic mass is 16.4. The van der Waals surface area contributed by atoms with Crippen molar-refractivity contribution < 1.29 is 14.7 Å². The number of aliphatic carboxylic acids is 1. The first kappa shape index (κ1) is 17.0. The number of benzene rings is 1. The Hall–Kier alpha value is -2.83. The van der Waals surface area contributed by atoms with Gasteiger partial charge in [0, 0.05) is 25.0 Å². The highest BCUT2D eigenvalue weighted by Crippen LogP contribution is 2.25. The second-order valence-corrected chi connectivity index (χ2v) is 6.61. The molecule has 2 unspecified atom stereocenters. The van der Waals surface area contributed by atoms with Crippen molar-refractivity contribution in [2.75, 3.05) is 18.4 Å². The zero-order chi connectivity index (χ0) is 18.0. The highest BCUT2D eigenvalue weighted by molar-refractivity contribution is 5.92. The minimum atomic E-state index is -0.850. The number of likely N-dealkylation sites (tertiary alicyclic amines) is 1. The van der Waals surface area contributed by atoms with Crippen LogP contribution in [0, 0.1) is 18.8 Å². The summed E-state index contributed by atoms with van der Waals surface area (Å²) in [7, 11) is 0. The van der Waals surface area contributed by atoms with Gasteiger partial charge in [0.15, 0.2) is 0 Å². The number of hydrogen-bond donors (Lipinski definition) is 2. The molecular weight excluding hydrogens is 320 g/mol. The predicted molar refractivity (Wildman–Crippen MR) is 93.8 cm³/mol. The number of nitrogens with one attached hydrogen (secondary N) is 1. The van der Waals surface area contributed by atoms with E-state index in [1.54, 1.807) is 15.8 Å². The second-order valence-electron chi connectivity index (χ2n) is 6.61. The molecule has 2 atom stereocenters. The summed E-state index contributed by atoms with van der Waals surface area (Å²) in [5.41, 5.74) is 2.38.